The second-order valence-corrected chi connectivity index (χ2v) is 3.58. The molecule has 0 aliphatic heterocycles. The van der Waals surface area contributed by atoms with Crippen LogP contribution in [0.2, 0.25) is 5.02 Å². The lowest BCUT2D eigenvalue weighted by Gasteiger charge is -2.12. The van der Waals surface area contributed by atoms with Crippen LogP contribution in [-0.2, 0) is 11.2 Å². The molecule has 0 spiro atoms. The minimum atomic E-state index is -3.01. The molecule has 0 amide bonds. The standard InChI is InChI=1S/C10H9ClF2O3/c1-5-2-7(11)6(4-9(14)15)8(3-5)16-10(12)13/h2-3,10H,4H2,1H3,(H,14,15). The predicted molar refractivity (Wildman–Crippen MR) is 54.2 cm³/mol. The summed E-state index contributed by atoms with van der Waals surface area (Å²) >= 11 is 5.77. The van der Waals surface area contributed by atoms with E-state index in [9.17, 15) is 13.6 Å². The van der Waals surface area contributed by atoms with Crippen LogP contribution >= 0.6 is 11.6 Å². The normalized spacial score (nSPS) is 10.6. The van der Waals surface area contributed by atoms with E-state index in [1.54, 1.807) is 6.92 Å². The second-order valence-electron chi connectivity index (χ2n) is 3.17. The van der Waals surface area contributed by atoms with Gasteiger partial charge in [0.05, 0.1) is 6.42 Å². The molecule has 0 aliphatic rings. The van der Waals surface area contributed by atoms with Crippen LogP contribution < -0.4 is 4.74 Å². The van der Waals surface area contributed by atoms with Crippen molar-refractivity contribution in [1.82, 2.24) is 0 Å². The molecule has 0 aliphatic carbocycles. The number of rotatable bonds is 4. The minimum Gasteiger partial charge on any atom is -0.481 e. The lowest BCUT2D eigenvalue weighted by Crippen LogP contribution is -2.08. The largest absolute Gasteiger partial charge is 0.481 e. The number of carboxylic acid groups (broad SMARTS) is 1. The molecule has 0 radical (unpaired) electrons. The van der Waals surface area contributed by atoms with E-state index in [2.05, 4.69) is 4.74 Å². The highest BCUT2D eigenvalue weighted by Gasteiger charge is 2.16. The molecule has 0 heterocycles. The highest BCUT2D eigenvalue weighted by atomic mass is 35.5. The van der Waals surface area contributed by atoms with Crippen LogP contribution in [0.25, 0.3) is 0 Å². The number of alkyl halides is 2. The zero-order chi connectivity index (χ0) is 12.3. The number of benzene rings is 1. The topological polar surface area (TPSA) is 46.5 Å². The van der Waals surface area contributed by atoms with E-state index >= 15 is 0 Å². The van der Waals surface area contributed by atoms with Crippen molar-refractivity contribution in [1.29, 1.82) is 0 Å². The molecule has 0 atom stereocenters. The average Bonchev–Trinajstić information content (AvgIpc) is 2.09. The van der Waals surface area contributed by atoms with Gasteiger partial charge in [-0.05, 0) is 24.6 Å². The molecule has 6 heteroatoms. The number of aryl methyl sites for hydroxylation is 1. The number of ether oxygens (including phenoxy) is 1. The van der Waals surface area contributed by atoms with Crippen LogP contribution in [0.4, 0.5) is 8.78 Å². The fourth-order valence-corrected chi connectivity index (χ4v) is 1.60. The zero-order valence-electron chi connectivity index (χ0n) is 8.34. The van der Waals surface area contributed by atoms with Gasteiger partial charge in [0, 0.05) is 10.6 Å². The average molecular weight is 251 g/mol. The number of hydrogen-bond acceptors (Lipinski definition) is 2. The quantitative estimate of drug-likeness (QED) is 0.894. The van der Waals surface area contributed by atoms with Crippen molar-refractivity contribution in [3.63, 3.8) is 0 Å². The van der Waals surface area contributed by atoms with E-state index in [1.165, 1.54) is 12.1 Å². The van der Waals surface area contributed by atoms with Crippen molar-refractivity contribution in [2.24, 2.45) is 0 Å². The third-order valence-corrected chi connectivity index (χ3v) is 2.18. The summed E-state index contributed by atoms with van der Waals surface area (Å²) in [7, 11) is 0. The van der Waals surface area contributed by atoms with Gasteiger partial charge in [0.25, 0.3) is 0 Å². The molecule has 0 saturated heterocycles. The SMILES string of the molecule is Cc1cc(Cl)c(CC(=O)O)c(OC(F)F)c1. The fraction of sp³-hybridized carbons (Fsp3) is 0.300. The summed E-state index contributed by atoms with van der Waals surface area (Å²) in [6.07, 6.45) is -0.457. The molecule has 1 rings (SSSR count). The Bertz CT molecular complexity index is 407. The Labute approximate surface area is 95.6 Å². The summed E-state index contributed by atoms with van der Waals surface area (Å²) in [5.74, 6) is -1.35. The molecular weight excluding hydrogens is 242 g/mol. The molecular formula is C10H9ClF2O3. The lowest BCUT2D eigenvalue weighted by molar-refractivity contribution is -0.136. The summed E-state index contributed by atoms with van der Waals surface area (Å²) in [5.41, 5.74) is 0.676. The van der Waals surface area contributed by atoms with Crippen molar-refractivity contribution in [2.75, 3.05) is 0 Å². The van der Waals surface area contributed by atoms with E-state index in [0.29, 0.717) is 5.56 Å². The van der Waals surface area contributed by atoms with Gasteiger partial charge in [-0.15, -0.1) is 0 Å². The number of hydrogen-bond donors (Lipinski definition) is 1. The maximum atomic E-state index is 12.1. The van der Waals surface area contributed by atoms with E-state index in [-0.39, 0.29) is 16.3 Å². The van der Waals surface area contributed by atoms with Gasteiger partial charge < -0.3 is 9.84 Å². The molecule has 3 nitrogen and oxygen atoms in total. The van der Waals surface area contributed by atoms with Crippen molar-refractivity contribution in [3.8, 4) is 5.75 Å². The Morgan fingerprint density at radius 3 is 2.69 bits per heavy atom. The minimum absolute atomic E-state index is 0.0556. The van der Waals surface area contributed by atoms with E-state index in [1.807, 2.05) is 0 Å². The summed E-state index contributed by atoms with van der Waals surface area (Å²) in [6, 6.07) is 2.83. The summed E-state index contributed by atoms with van der Waals surface area (Å²) in [5, 5.41) is 8.73. The first kappa shape index (κ1) is 12.7. The molecule has 1 aromatic carbocycles. The fourth-order valence-electron chi connectivity index (χ4n) is 1.26. The number of halogens is 3. The predicted octanol–water partition coefficient (Wildman–Crippen LogP) is 2.88. The molecule has 88 valence electrons. The Morgan fingerprint density at radius 2 is 2.19 bits per heavy atom. The third kappa shape index (κ3) is 3.34. The highest BCUT2D eigenvalue weighted by Crippen LogP contribution is 2.30. The van der Waals surface area contributed by atoms with Gasteiger partial charge in [0.2, 0.25) is 0 Å². The smallest absolute Gasteiger partial charge is 0.387 e. The monoisotopic (exact) mass is 250 g/mol. The van der Waals surface area contributed by atoms with Crippen molar-refractivity contribution < 1.29 is 23.4 Å². The maximum Gasteiger partial charge on any atom is 0.387 e. The zero-order valence-corrected chi connectivity index (χ0v) is 9.09. The molecule has 1 aromatic rings. The first-order valence-electron chi connectivity index (χ1n) is 4.35. The lowest BCUT2D eigenvalue weighted by atomic mass is 10.1. The summed E-state index contributed by atoms with van der Waals surface area (Å²) in [4.78, 5) is 10.5. The molecule has 0 aromatic heterocycles. The van der Waals surface area contributed by atoms with Crippen LogP contribution in [0.5, 0.6) is 5.75 Å². The summed E-state index contributed by atoms with van der Waals surface area (Å²) < 4.78 is 28.4. The number of carbonyl (C=O) groups is 1. The molecule has 0 fully saturated rings. The van der Waals surface area contributed by atoms with Gasteiger partial charge in [0.1, 0.15) is 5.75 Å². The first-order valence-corrected chi connectivity index (χ1v) is 4.73. The summed E-state index contributed by atoms with van der Waals surface area (Å²) in [6.45, 7) is -1.36. The van der Waals surface area contributed by atoms with Crippen molar-refractivity contribution in [2.45, 2.75) is 20.0 Å². The Hall–Kier alpha value is -1.36. The van der Waals surface area contributed by atoms with Gasteiger partial charge in [0.15, 0.2) is 0 Å². The highest BCUT2D eigenvalue weighted by molar-refractivity contribution is 6.31. The van der Waals surface area contributed by atoms with Crippen LogP contribution in [-0.4, -0.2) is 17.7 Å². The van der Waals surface area contributed by atoms with E-state index < -0.39 is 19.0 Å². The van der Waals surface area contributed by atoms with Crippen molar-refractivity contribution >= 4 is 17.6 Å². The number of aliphatic carboxylic acids is 1. The third-order valence-electron chi connectivity index (χ3n) is 1.84. The van der Waals surface area contributed by atoms with E-state index in [4.69, 9.17) is 16.7 Å². The Kier molecular flexibility index (Phi) is 4.06. The first-order chi connectivity index (χ1) is 7.40. The van der Waals surface area contributed by atoms with Gasteiger partial charge >= 0.3 is 12.6 Å². The molecule has 0 unspecified atom stereocenters. The Balaban J connectivity index is 3.15. The van der Waals surface area contributed by atoms with Gasteiger partial charge in [-0.3, -0.25) is 4.79 Å². The second kappa shape index (κ2) is 5.12. The molecule has 1 N–H and O–H groups in total. The van der Waals surface area contributed by atoms with Gasteiger partial charge in [-0.2, -0.15) is 8.78 Å². The van der Waals surface area contributed by atoms with Crippen LogP contribution in [0, 0.1) is 6.92 Å². The molecule has 16 heavy (non-hydrogen) atoms. The molecule has 0 bridgehead atoms. The molecule has 0 saturated carbocycles. The van der Waals surface area contributed by atoms with Crippen LogP contribution in [0.3, 0.4) is 0 Å². The maximum absolute atomic E-state index is 12.1. The number of carboxylic acids is 1. The van der Waals surface area contributed by atoms with Crippen LogP contribution in [0.15, 0.2) is 12.1 Å². The van der Waals surface area contributed by atoms with Crippen molar-refractivity contribution in [3.05, 3.63) is 28.3 Å². The van der Waals surface area contributed by atoms with Crippen LogP contribution in [0.1, 0.15) is 11.1 Å². The van der Waals surface area contributed by atoms with Gasteiger partial charge in [-0.1, -0.05) is 11.6 Å². The Morgan fingerprint density at radius 1 is 1.56 bits per heavy atom. The van der Waals surface area contributed by atoms with E-state index in [0.717, 1.165) is 0 Å². The van der Waals surface area contributed by atoms with Gasteiger partial charge in [-0.25, -0.2) is 0 Å².